The third-order valence-corrected chi connectivity index (χ3v) is 7.43. The van der Waals surface area contributed by atoms with Crippen LogP contribution in [0.2, 0.25) is 0 Å². The highest BCUT2D eigenvalue weighted by atomic mass is 32.2. The van der Waals surface area contributed by atoms with Gasteiger partial charge in [-0.2, -0.15) is 0 Å². The zero-order valence-electron chi connectivity index (χ0n) is 19.9. The van der Waals surface area contributed by atoms with Crippen molar-refractivity contribution in [2.75, 3.05) is 18.4 Å². The molecule has 7 nitrogen and oxygen atoms in total. The molecule has 2 aromatic carbocycles. The lowest BCUT2D eigenvalue weighted by molar-refractivity contribution is 0.0697. The molecule has 3 rings (SSSR count). The number of carbonyl (C=O) groups is 2. The van der Waals surface area contributed by atoms with E-state index in [1.807, 2.05) is 11.8 Å². The van der Waals surface area contributed by atoms with Gasteiger partial charge in [0.2, 0.25) is 10.0 Å². The summed E-state index contributed by atoms with van der Waals surface area (Å²) >= 11 is 0. The van der Waals surface area contributed by atoms with Gasteiger partial charge in [-0.25, -0.2) is 13.1 Å². The van der Waals surface area contributed by atoms with E-state index in [-0.39, 0.29) is 16.7 Å². The van der Waals surface area contributed by atoms with Crippen LogP contribution < -0.4 is 10.0 Å². The van der Waals surface area contributed by atoms with E-state index in [2.05, 4.69) is 17.0 Å². The topological polar surface area (TPSA) is 95.6 Å². The van der Waals surface area contributed by atoms with Crippen LogP contribution in [0.4, 0.5) is 5.69 Å². The zero-order chi connectivity index (χ0) is 24.4. The molecular weight excluding hydrogens is 438 g/mol. The Morgan fingerprint density at radius 2 is 1.55 bits per heavy atom. The van der Waals surface area contributed by atoms with Gasteiger partial charge in [0.1, 0.15) is 0 Å². The number of benzene rings is 2. The zero-order valence-corrected chi connectivity index (χ0v) is 20.8. The van der Waals surface area contributed by atoms with E-state index >= 15 is 0 Å². The second-order valence-electron chi connectivity index (χ2n) is 9.84. The summed E-state index contributed by atoms with van der Waals surface area (Å²) in [4.78, 5) is 27.5. The highest BCUT2D eigenvalue weighted by Gasteiger charge is 2.23. The molecule has 2 amide bonds. The number of amides is 2. The predicted octanol–water partition coefficient (Wildman–Crippen LogP) is 4.20. The van der Waals surface area contributed by atoms with Gasteiger partial charge >= 0.3 is 0 Å². The average Bonchev–Trinajstić information content (AvgIpc) is 2.73. The number of likely N-dealkylation sites (tertiary alicyclic amines) is 1. The highest BCUT2D eigenvalue weighted by Crippen LogP contribution is 2.22. The van der Waals surface area contributed by atoms with Crippen LogP contribution in [-0.4, -0.2) is 43.8 Å². The maximum absolute atomic E-state index is 12.8. The van der Waals surface area contributed by atoms with E-state index in [9.17, 15) is 18.0 Å². The Morgan fingerprint density at radius 3 is 2.09 bits per heavy atom. The Bertz CT molecular complexity index is 1130. The average molecular weight is 472 g/mol. The predicted molar refractivity (Wildman–Crippen MR) is 130 cm³/mol. The van der Waals surface area contributed by atoms with Gasteiger partial charge < -0.3 is 10.2 Å². The first-order valence-electron chi connectivity index (χ1n) is 11.2. The standard InChI is InChI=1S/C25H33N3O4S/c1-17-12-14-28(15-13-17)24(30)20-8-11-22(18(2)16-20)26-23(29)19-6-9-21(10-7-19)33(31,32)27-25(3,4)5/h6-11,16-17,27H,12-15H2,1-5H3,(H,26,29). The van der Waals surface area contributed by atoms with Crippen molar-refractivity contribution in [1.82, 2.24) is 9.62 Å². The van der Waals surface area contributed by atoms with Gasteiger partial charge in [0, 0.05) is 35.4 Å². The molecule has 8 heteroatoms. The number of piperidine rings is 1. The molecule has 0 bridgehead atoms. The van der Waals surface area contributed by atoms with Crippen molar-refractivity contribution in [3.05, 3.63) is 59.2 Å². The van der Waals surface area contributed by atoms with Crippen LogP contribution in [0.5, 0.6) is 0 Å². The number of nitrogens with one attached hydrogen (secondary N) is 2. The quantitative estimate of drug-likeness (QED) is 0.683. The van der Waals surface area contributed by atoms with Crippen molar-refractivity contribution < 1.29 is 18.0 Å². The second kappa shape index (κ2) is 9.65. The van der Waals surface area contributed by atoms with Gasteiger partial charge in [-0.15, -0.1) is 0 Å². The second-order valence-corrected chi connectivity index (χ2v) is 11.5. The maximum Gasteiger partial charge on any atom is 0.255 e. The van der Waals surface area contributed by atoms with Crippen LogP contribution in [0, 0.1) is 12.8 Å². The SMILES string of the molecule is Cc1cc(C(=O)N2CCC(C)CC2)ccc1NC(=O)c1ccc(S(=O)(=O)NC(C)(C)C)cc1. The molecule has 1 aliphatic heterocycles. The van der Waals surface area contributed by atoms with E-state index in [4.69, 9.17) is 0 Å². The van der Waals surface area contributed by atoms with Crippen LogP contribution in [0.25, 0.3) is 0 Å². The van der Waals surface area contributed by atoms with Crippen molar-refractivity contribution in [3.63, 3.8) is 0 Å². The molecule has 1 aliphatic rings. The van der Waals surface area contributed by atoms with Gasteiger partial charge in [-0.3, -0.25) is 9.59 Å². The largest absolute Gasteiger partial charge is 0.339 e. The summed E-state index contributed by atoms with van der Waals surface area (Å²) in [5.41, 5.74) is 1.74. The number of rotatable bonds is 5. The third-order valence-electron chi connectivity index (χ3n) is 5.66. The van der Waals surface area contributed by atoms with E-state index in [0.29, 0.717) is 22.7 Å². The van der Waals surface area contributed by atoms with Crippen molar-refractivity contribution >= 4 is 27.5 Å². The molecule has 0 atom stereocenters. The van der Waals surface area contributed by atoms with Crippen LogP contribution >= 0.6 is 0 Å². The highest BCUT2D eigenvalue weighted by molar-refractivity contribution is 7.89. The minimum absolute atomic E-state index is 0.0172. The first kappa shape index (κ1) is 24.9. The summed E-state index contributed by atoms with van der Waals surface area (Å²) in [5, 5.41) is 2.85. The molecule has 0 spiro atoms. The summed E-state index contributed by atoms with van der Waals surface area (Å²) in [6, 6.07) is 11.1. The van der Waals surface area contributed by atoms with E-state index in [1.54, 1.807) is 39.0 Å². The van der Waals surface area contributed by atoms with Crippen molar-refractivity contribution in [3.8, 4) is 0 Å². The van der Waals surface area contributed by atoms with Crippen LogP contribution in [0.3, 0.4) is 0 Å². The number of aryl methyl sites for hydroxylation is 1. The third kappa shape index (κ3) is 6.42. The molecule has 2 N–H and O–H groups in total. The van der Waals surface area contributed by atoms with Gasteiger partial charge in [0.05, 0.1) is 4.90 Å². The summed E-state index contributed by atoms with van der Waals surface area (Å²) < 4.78 is 27.5. The van der Waals surface area contributed by atoms with Crippen molar-refractivity contribution in [2.45, 2.75) is 57.9 Å². The number of sulfonamides is 1. The Hall–Kier alpha value is -2.71. The molecule has 0 radical (unpaired) electrons. The Morgan fingerprint density at radius 1 is 0.970 bits per heavy atom. The molecule has 178 valence electrons. The summed E-state index contributed by atoms with van der Waals surface area (Å²) in [5.74, 6) is 0.316. The normalized spacial score (nSPS) is 15.4. The lowest BCUT2D eigenvalue weighted by Crippen LogP contribution is -2.40. The molecule has 0 aliphatic carbocycles. The van der Waals surface area contributed by atoms with E-state index in [0.717, 1.165) is 31.5 Å². The van der Waals surface area contributed by atoms with Crippen molar-refractivity contribution in [2.24, 2.45) is 5.92 Å². The Kier molecular flexibility index (Phi) is 7.29. The molecule has 0 aromatic heterocycles. The Balaban J connectivity index is 1.68. The fourth-order valence-corrected chi connectivity index (χ4v) is 5.19. The molecule has 1 fully saturated rings. The molecular formula is C25H33N3O4S. The number of hydrogen-bond acceptors (Lipinski definition) is 4. The van der Waals surface area contributed by atoms with Crippen LogP contribution in [0.15, 0.2) is 47.4 Å². The minimum atomic E-state index is -3.67. The summed E-state index contributed by atoms with van der Waals surface area (Å²) in [6.45, 7) is 10.9. The van der Waals surface area contributed by atoms with Gasteiger partial charge in [0.15, 0.2) is 0 Å². The smallest absolute Gasteiger partial charge is 0.255 e. The van der Waals surface area contributed by atoms with Crippen molar-refractivity contribution in [1.29, 1.82) is 0 Å². The molecule has 1 saturated heterocycles. The number of nitrogens with zero attached hydrogens (tertiary/aromatic N) is 1. The van der Waals surface area contributed by atoms with Crippen LogP contribution in [0.1, 0.15) is 66.8 Å². The number of carbonyl (C=O) groups excluding carboxylic acids is 2. The first-order chi connectivity index (χ1) is 15.4. The van der Waals surface area contributed by atoms with E-state index in [1.165, 1.54) is 24.3 Å². The molecule has 2 aromatic rings. The van der Waals surface area contributed by atoms with Gasteiger partial charge in [-0.1, -0.05) is 6.92 Å². The lowest BCUT2D eigenvalue weighted by Gasteiger charge is -2.30. The summed E-state index contributed by atoms with van der Waals surface area (Å²) in [7, 11) is -3.67. The molecule has 0 saturated carbocycles. The molecule has 33 heavy (non-hydrogen) atoms. The minimum Gasteiger partial charge on any atom is -0.339 e. The van der Waals surface area contributed by atoms with Gasteiger partial charge in [-0.05, 0) is 94.5 Å². The summed E-state index contributed by atoms with van der Waals surface area (Å²) in [6.07, 6.45) is 2.04. The monoisotopic (exact) mass is 471 g/mol. The van der Waals surface area contributed by atoms with Gasteiger partial charge in [0.25, 0.3) is 11.8 Å². The van der Waals surface area contributed by atoms with E-state index < -0.39 is 15.6 Å². The lowest BCUT2D eigenvalue weighted by atomic mass is 9.98. The number of anilines is 1. The molecule has 0 unspecified atom stereocenters. The fourth-order valence-electron chi connectivity index (χ4n) is 3.77. The first-order valence-corrected chi connectivity index (χ1v) is 12.7. The maximum atomic E-state index is 12.8. The molecule has 1 heterocycles. The Labute approximate surface area is 196 Å². The number of hydrogen-bond donors (Lipinski definition) is 2. The fraction of sp³-hybridized carbons (Fsp3) is 0.440. The van der Waals surface area contributed by atoms with Crippen LogP contribution in [-0.2, 0) is 10.0 Å².